The zero-order chi connectivity index (χ0) is 12.8. The molecule has 1 aromatic heterocycles. The third kappa shape index (κ3) is 3.95. The minimum atomic E-state index is 0.145. The molecule has 2 rings (SSSR count). The molecule has 0 aromatic carbocycles. The second-order valence-corrected chi connectivity index (χ2v) is 5.06. The number of amides is 1. The van der Waals surface area contributed by atoms with Gasteiger partial charge in [-0.25, -0.2) is 9.97 Å². The van der Waals surface area contributed by atoms with Crippen LogP contribution in [0.15, 0.2) is 12.3 Å². The van der Waals surface area contributed by atoms with Gasteiger partial charge in [0.1, 0.15) is 0 Å². The molecule has 1 heterocycles. The number of carbonyl (C=O) groups excluding carboxylic acids is 1. The Morgan fingerprint density at radius 2 is 2.06 bits per heavy atom. The largest absolute Gasteiger partial charge is 0.350 e. The smallest absolute Gasteiger partial charge is 0.223 e. The van der Waals surface area contributed by atoms with Crippen LogP contribution in [-0.4, -0.2) is 15.9 Å². The number of halogens is 1. The Bertz CT molecular complexity index is 403. The van der Waals surface area contributed by atoms with Gasteiger partial charge in [-0.1, -0.05) is 25.7 Å². The molecule has 0 bridgehead atoms. The Hall–Kier alpha value is -1.16. The van der Waals surface area contributed by atoms with Crippen molar-refractivity contribution in [2.75, 3.05) is 0 Å². The Morgan fingerprint density at radius 1 is 1.33 bits per heavy atom. The third-order valence-electron chi connectivity index (χ3n) is 3.35. The number of nitrogens with zero attached hydrogens (tertiary/aromatic N) is 2. The van der Waals surface area contributed by atoms with Gasteiger partial charge < -0.3 is 5.32 Å². The van der Waals surface area contributed by atoms with Crippen LogP contribution in [0.25, 0.3) is 0 Å². The molecular formula is C13H18ClN3O. The highest BCUT2D eigenvalue weighted by Gasteiger charge is 2.19. The molecule has 98 valence electrons. The lowest BCUT2D eigenvalue weighted by molar-refractivity contribution is -0.125. The van der Waals surface area contributed by atoms with E-state index in [4.69, 9.17) is 11.6 Å². The van der Waals surface area contributed by atoms with Crippen LogP contribution in [0, 0.1) is 5.92 Å². The van der Waals surface area contributed by atoms with Gasteiger partial charge in [-0.05, 0) is 30.5 Å². The number of nitrogens with one attached hydrogen (secondary N) is 1. The van der Waals surface area contributed by atoms with E-state index in [0.717, 1.165) is 31.4 Å². The molecule has 1 aliphatic rings. The number of carbonyl (C=O) groups is 1. The summed E-state index contributed by atoms with van der Waals surface area (Å²) in [5, 5.41) is 3.15. The van der Waals surface area contributed by atoms with Gasteiger partial charge >= 0.3 is 0 Å². The monoisotopic (exact) mass is 267 g/mol. The Labute approximate surface area is 112 Å². The summed E-state index contributed by atoms with van der Waals surface area (Å²) in [5.74, 6) is 0.316. The quantitative estimate of drug-likeness (QED) is 0.677. The predicted octanol–water partition coefficient (Wildman–Crippen LogP) is 2.72. The molecule has 18 heavy (non-hydrogen) atoms. The lowest BCUT2D eigenvalue weighted by Gasteiger charge is -2.13. The molecule has 1 aromatic rings. The number of hydrogen-bond donors (Lipinski definition) is 1. The lowest BCUT2D eigenvalue weighted by Crippen LogP contribution is -2.30. The molecule has 0 radical (unpaired) electrons. The maximum absolute atomic E-state index is 12.0. The molecule has 0 spiro atoms. The number of rotatable bonds is 3. The van der Waals surface area contributed by atoms with E-state index in [1.807, 2.05) is 0 Å². The predicted molar refractivity (Wildman–Crippen MR) is 70.1 cm³/mol. The van der Waals surface area contributed by atoms with Crippen molar-refractivity contribution < 1.29 is 4.79 Å². The van der Waals surface area contributed by atoms with Crippen molar-refractivity contribution in [3.05, 3.63) is 23.2 Å². The van der Waals surface area contributed by atoms with E-state index in [2.05, 4.69) is 15.3 Å². The summed E-state index contributed by atoms with van der Waals surface area (Å²) in [5.41, 5.74) is 0.747. The van der Waals surface area contributed by atoms with Crippen LogP contribution < -0.4 is 5.32 Å². The minimum Gasteiger partial charge on any atom is -0.350 e. The standard InChI is InChI=1S/C13H18ClN3O/c14-13-15-8-7-11(17-13)9-16-12(18)10-5-3-1-2-4-6-10/h7-8,10H,1-6,9H2,(H,16,18). The van der Waals surface area contributed by atoms with E-state index >= 15 is 0 Å². The highest BCUT2D eigenvalue weighted by Crippen LogP contribution is 2.22. The number of aromatic nitrogens is 2. The molecular weight excluding hydrogens is 250 g/mol. The zero-order valence-corrected chi connectivity index (χ0v) is 11.1. The molecule has 0 aliphatic heterocycles. The molecule has 1 saturated carbocycles. The van der Waals surface area contributed by atoms with Crippen molar-refractivity contribution in [2.45, 2.75) is 45.1 Å². The van der Waals surface area contributed by atoms with Gasteiger partial charge in [0.05, 0.1) is 12.2 Å². The molecule has 1 amide bonds. The van der Waals surface area contributed by atoms with Crippen molar-refractivity contribution in [3.63, 3.8) is 0 Å². The van der Waals surface area contributed by atoms with Crippen molar-refractivity contribution in [3.8, 4) is 0 Å². The number of hydrogen-bond acceptors (Lipinski definition) is 3. The van der Waals surface area contributed by atoms with E-state index in [0.29, 0.717) is 6.54 Å². The van der Waals surface area contributed by atoms with Crippen LogP contribution >= 0.6 is 11.6 Å². The molecule has 5 heteroatoms. The average Bonchev–Trinajstić information content (AvgIpc) is 2.65. The van der Waals surface area contributed by atoms with Crippen LogP contribution in [0.4, 0.5) is 0 Å². The maximum Gasteiger partial charge on any atom is 0.223 e. The highest BCUT2D eigenvalue weighted by atomic mass is 35.5. The van der Waals surface area contributed by atoms with Gasteiger partial charge in [-0.3, -0.25) is 4.79 Å². The SMILES string of the molecule is O=C(NCc1ccnc(Cl)n1)C1CCCCCC1. The van der Waals surface area contributed by atoms with Gasteiger partial charge in [0.2, 0.25) is 11.2 Å². The van der Waals surface area contributed by atoms with Gasteiger partial charge in [0.15, 0.2) is 0 Å². The van der Waals surface area contributed by atoms with Gasteiger partial charge in [0.25, 0.3) is 0 Å². The summed E-state index contributed by atoms with van der Waals surface area (Å²) < 4.78 is 0. The van der Waals surface area contributed by atoms with E-state index in [9.17, 15) is 4.79 Å². The lowest BCUT2D eigenvalue weighted by atomic mass is 9.99. The van der Waals surface area contributed by atoms with Gasteiger partial charge in [0, 0.05) is 12.1 Å². The fraction of sp³-hybridized carbons (Fsp3) is 0.615. The summed E-state index contributed by atoms with van der Waals surface area (Å²) >= 11 is 5.70. The molecule has 1 N–H and O–H groups in total. The Morgan fingerprint density at radius 3 is 2.72 bits per heavy atom. The Kier molecular flexibility index (Phi) is 4.93. The van der Waals surface area contributed by atoms with E-state index in [-0.39, 0.29) is 17.1 Å². The molecule has 0 atom stereocenters. The first-order valence-corrected chi connectivity index (χ1v) is 6.88. The molecule has 4 nitrogen and oxygen atoms in total. The van der Waals surface area contributed by atoms with Crippen LogP contribution in [0.1, 0.15) is 44.2 Å². The normalized spacial score (nSPS) is 17.2. The first kappa shape index (κ1) is 13.3. The van der Waals surface area contributed by atoms with Crippen LogP contribution in [0.2, 0.25) is 5.28 Å². The second-order valence-electron chi connectivity index (χ2n) is 4.72. The van der Waals surface area contributed by atoms with Crippen LogP contribution in [0.3, 0.4) is 0 Å². The summed E-state index contributed by atoms with van der Waals surface area (Å²) in [6, 6.07) is 1.76. The van der Waals surface area contributed by atoms with Crippen LogP contribution in [0.5, 0.6) is 0 Å². The van der Waals surface area contributed by atoms with Crippen LogP contribution in [-0.2, 0) is 11.3 Å². The van der Waals surface area contributed by atoms with E-state index < -0.39 is 0 Å². The Balaban J connectivity index is 1.83. The third-order valence-corrected chi connectivity index (χ3v) is 3.54. The molecule has 1 fully saturated rings. The molecule has 0 unspecified atom stereocenters. The van der Waals surface area contributed by atoms with E-state index in [1.54, 1.807) is 12.3 Å². The van der Waals surface area contributed by atoms with Crippen molar-refractivity contribution in [1.29, 1.82) is 0 Å². The topological polar surface area (TPSA) is 54.9 Å². The summed E-state index contributed by atoms with van der Waals surface area (Å²) in [7, 11) is 0. The molecule has 0 saturated heterocycles. The van der Waals surface area contributed by atoms with Crippen molar-refractivity contribution in [2.24, 2.45) is 5.92 Å². The first-order valence-electron chi connectivity index (χ1n) is 6.51. The summed E-state index contributed by atoms with van der Waals surface area (Å²) in [4.78, 5) is 19.9. The van der Waals surface area contributed by atoms with Crippen molar-refractivity contribution >= 4 is 17.5 Å². The van der Waals surface area contributed by atoms with Gasteiger partial charge in [-0.15, -0.1) is 0 Å². The molecule has 1 aliphatic carbocycles. The highest BCUT2D eigenvalue weighted by molar-refractivity contribution is 6.28. The maximum atomic E-state index is 12.0. The fourth-order valence-corrected chi connectivity index (χ4v) is 2.50. The first-order chi connectivity index (χ1) is 8.75. The van der Waals surface area contributed by atoms with E-state index in [1.165, 1.54) is 12.8 Å². The van der Waals surface area contributed by atoms with Gasteiger partial charge in [-0.2, -0.15) is 0 Å². The second kappa shape index (κ2) is 6.69. The van der Waals surface area contributed by atoms with Crippen molar-refractivity contribution in [1.82, 2.24) is 15.3 Å². The zero-order valence-electron chi connectivity index (χ0n) is 10.4. The fourth-order valence-electron chi connectivity index (χ4n) is 2.33. The minimum absolute atomic E-state index is 0.145. The summed E-state index contributed by atoms with van der Waals surface area (Å²) in [6.07, 6.45) is 8.46. The average molecular weight is 268 g/mol. The summed E-state index contributed by atoms with van der Waals surface area (Å²) in [6.45, 7) is 0.428.